The molecule has 5 nitrogen and oxygen atoms in total. The summed E-state index contributed by atoms with van der Waals surface area (Å²) in [5, 5.41) is 10.9. The van der Waals surface area contributed by atoms with Gasteiger partial charge in [-0.25, -0.2) is 9.97 Å². The van der Waals surface area contributed by atoms with Crippen molar-refractivity contribution in [2.75, 3.05) is 6.54 Å². The summed E-state index contributed by atoms with van der Waals surface area (Å²) in [4.78, 5) is 20.5. The predicted molar refractivity (Wildman–Crippen MR) is 67.0 cm³/mol. The Morgan fingerprint density at radius 1 is 1.28 bits per heavy atom. The second-order valence-corrected chi connectivity index (χ2v) is 3.94. The fourth-order valence-corrected chi connectivity index (χ4v) is 1.59. The molecule has 1 aromatic carbocycles. The third-order valence-electron chi connectivity index (χ3n) is 2.67. The zero-order valence-corrected chi connectivity index (χ0v) is 10.2. The molecule has 0 spiro atoms. The van der Waals surface area contributed by atoms with Gasteiger partial charge in [0.05, 0.1) is 28.5 Å². The van der Waals surface area contributed by atoms with Gasteiger partial charge < -0.3 is 5.32 Å². The number of amides is 1. The molecule has 18 heavy (non-hydrogen) atoms. The van der Waals surface area contributed by atoms with Crippen molar-refractivity contribution < 1.29 is 4.79 Å². The Morgan fingerprint density at radius 2 is 1.94 bits per heavy atom. The van der Waals surface area contributed by atoms with Gasteiger partial charge in [0, 0.05) is 5.56 Å². The van der Waals surface area contributed by atoms with Crippen LogP contribution in [0.5, 0.6) is 0 Å². The lowest BCUT2D eigenvalue weighted by atomic mass is 10.1. The van der Waals surface area contributed by atoms with Gasteiger partial charge >= 0.3 is 0 Å². The second-order valence-electron chi connectivity index (χ2n) is 3.94. The zero-order chi connectivity index (χ0) is 13.1. The largest absolute Gasteiger partial charge is 0.339 e. The van der Waals surface area contributed by atoms with Gasteiger partial charge in [-0.15, -0.1) is 0 Å². The smallest absolute Gasteiger partial charge is 0.252 e. The van der Waals surface area contributed by atoms with Crippen molar-refractivity contribution in [1.29, 1.82) is 5.26 Å². The first-order valence-electron chi connectivity index (χ1n) is 5.52. The van der Waals surface area contributed by atoms with Crippen LogP contribution in [0, 0.1) is 25.2 Å². The molecule has 0 saturated heterocycles. The molecule has 1 N–H and O–H groups in total. The standard InChI is InChI=1S/C13H12N4O/c1-8-9(2)17-12-7-10(3-4-11(12)16-8)13(18)15-6-5-14/h3-4,7H,6H2,1-2H3,(H,15,18). The van der Waals surface area contributed by atoms with Gasteiger partial charge in [-0.2, -0.15) is 5.26 Å². The maximum absolute atomic E-state index is 11.7. The number of rotatable bonds is 2. The van der Waals surface area contributed by atoms with Gasteiger partial charge in [-0.3, -0.25) is 4.79 Å². The van der Waals surface area contributed by atoms with Crippen LogP contribution in [0.3, 0.4) is 0 Å². The Bertz CT molecular complexity index is 658. The van der Waals surface area contributed by atoms with E-state index in [9.17, 15) is 4.79 Å². The fourth-order valence-electron chi connectivity index (χ4n) is 1.59. The first-order chi connectivity index (χ1) is 8.61. The van der Waals surface area contributed by atoms with Gasteiger partial charge in [0.15, 0.2) is 0 Å². The summed E-state index contributed by atoms with van der Waals surface area (Å²) in [6.07, 6.45) is 0. The molecule has 0 unspecified atom stereocenters. The Kier molecular flexibility index (Phi) is 3.20. The number of carbonyl (C=O) groups excluding carboxylic acids is 1. The number of hydrogen-bond donors (Lipinski definition) is 1. The average molecular weight is 240 g/mol. The van der Waals surface area contributed by atoms with E-state index in [1.807, 2.05) is 19.9 Å². The minimum Gasteiger partial charge on any atom is -0.339 e. The first kappa shape index (κ1) is 12.0. The van der Waals surface area contributed by atoms with Crippen molar-refractivity contribution in [2.24, 2.45) is 0 Å². The van der Waals surface area contributed by atoms with Crippen LogP contribution in [0.15, 0.2) is 18.2 Å². The molecular weight excluding hydrogens is 228 g/mol. The van der Waals surface area contributed by atoms with Crippen molar-refractivity contribution in [3.05, 3.63) is 35.2 Å². The molecule has 1 heterocycles. The van der Waals surface area contributed by atoms with Crippen molar-refractivity contribution >= 4 is 16.9 Å². The van der Waals surface area contributed by atoms with Crippen LogP contribution in [0.2, 0.25) is 0 Å². The van der Waals surface area contributed by atoms with E-state index in [-0.39, 0.29) is 12.5 Å². The van der Waals surface area contributed by atoms with Gasteiger partial charge in [0.25, 0.3) is 5.91 Å². The first-order valence-corrected chi connectivity index (χ1v) is 5.52. The van der Waals surface area contributed by atoms with Gasteiger partial charge in [0.2, 0.25) is 0 Å². The van der Waals surface area contributed by atoms with Gasteiger partial charge in [-0.1, -0.05) is 0 Å². The number of nitrogens with zero attached hydrogens (tertiary/aromatic N) is 3. The third-order valence-corrected chi connectivity index (χ3v) is 2.67. The molecule has 0 saturated carbocycles. The van der Waals surface area contributed by atoms with Crippen LogP contribution < -0.4 is 5.32 Å². The Hall–Kier alpha value is -2.48. The number of aryl methyl sites for hydroxylation is 2. The molecule has 0 aliphatic rings. The number of hydrogen-bond acceptors (Lipinski definition) is 4. The lowest BCUT2D eigenvalue weighted by molar-refractivity contribution is 0.0958. The number of aromatic nitrogens is 2. The summed E-state index contributed by atoms with van der Waals surface area (Å²) in [5.41, 5.74) is 3.65. The molecule has 90 valence electrons. The molecule has 0 aliphatic heterocycles. The molecule has 5 heteroatoms. The quantitative estimate of drug-likeness (QED) is 0.807. The van der Waals surface area contributed by atoms with Gasteiger partial charge in [-0.05, 0) is 32.0 Å². The zero-order valence-electron chi connectivity index (χ0n) is 10.2. The molecule has 1 amide bonds. The summed E-state index contributed by atoms with van der Waals surface area (Å²) in [6.45, 7) is 3.77. The van der Waals surface area contributed by atoms with E-state index in [1.54, 1.807) is 18.2 Å². The number of carbonyl (C=O) groups is 1. The number of nitrogens with one attached hydrogen (secondary N) is 1. The third kappa shape index (κ3) is 2.28. The molecule has 0 bridgehead atoms. The minimum atomic E-state index is -0.279. The molecule has 0 fully saturated rings. The maximum Gasteiger partial charge on any atom is 0.252 e. The fraction of sp³-hybridized carbons (Fsp3) is 0.231. The summed E-state index contributed by atoms with van der Waals surface area (Å²) in [5.74, 6) is -0.279. The van der Waals surface area contributed by atoms with E-state index in [1.165, 1.54) is 0 Å². The van der Waals surface area contributed by atoms with E-state index < -0.39 is 0 Å². The maximum atomic E-state index is 11.7. The Morgan fingerprint density at radius 3 is 2.61 bits per heavy atom. The van der Waals surface area contributed by atoms with Crippen LogP contribution in [0.1, 0.15) is 21.7 Å². The van der Waals surface area contributed by atoms with Gasteiger partial charge in [0.1, 0.15) is 6.54 Å². The summed E-state index contributed by atoms with van der Waals surface area (Å²) in [7, 11) is 0. The highest BCUT2D eigenvalue weighted by Crippen LogP contribution is 2.14. The molecular formula is C13H12N4O. The predicted octanol–water partition coefficient (Wildman–Crippen LogP) is 1.50. The summed E-state index contributed by atoms with van der Waals surface area (Å²) in [6, 6.07) is 6.98. The van der Waals surface area contributed by atoms with Crippen LogP contribution >= 0.6 is 0 Å². The SMILES string of the molecule is Cc1nc2ccc(C(=O)NCC#N)cc2nc1C. The second kappa shape index (κ2) is 4.80. The molecule has 2 rings (SSSR count). The molecule has 1 aromatic heterocycles. The van der Waals surface area contributed by atoms with E-state index in [2.05, 4.69) is 15.3 Å². The number of fused-ring (bicyclic) bond motifs is 1. The van der Waals surface area contributed by atoms with Crippen LogP contribution in [0.25, 0.3) is 11.0 Å². The number of benzene rings is 1. The summed E-state index contributed by atoms with van der Waals surface area (Å²) >= 11 is 0. The Labute approximate surface area is 104 Å². The normalized spacial score (nSPS) is 10.1. The van der Waals surface area contributed by atoms with Crippen molar-refractivity contribution in [3.63, 3.8) is 0 Å². The average Bonchev–Trinajstić information content (AvgIpc) is 2.36. The minimum absolute atomic E-state index is 0.00449. The van der Waals surface area contributed by atoms with Crippen molar-refractivity contribution in [2.45, 2.75) is 13.8 Å². The van der Waals surface area contributed by atoms with Crippen molar-refractivity contribution in [1.82, 2.24) is 15.3 Å². The summed E-state index contributed by atoms with van der Waals surface area (Å²) < 4.78 is 0. The molecule has 0 radical (unpaired) electrons. The topological polar surface area (TPSA) is 78.7 Å². The van der Waals surface area contributed by atoms with Crippen LogP contribution in [0.4, 0.5) is 0 Å². The lowest BCUT2D eigenvalue weighted by Crippen LogP contribution is -2.23. The van der Waals surface area contributed by atoms with Crippen LogP contribution in [-0.2, 0) is 0 Å². The van der Waals surface area contributed by atoms with Crippen LogP contribution in [-0.4, -0.2) is 22.4 Å². The Balaban J connectivity index is 2.41. The highest BCUT2D eigenvalue weighted by Gasteiger charge is 2.07. The molecule has 0 aliphatic carbocycles. The number of nitriles is 1. The van der Waals surface area contributed by atoms with E-state index in [0.29, 0.717) is 11.1 Å². The van der Waals surface area contributed by atoms with E-state index in [4.69, 9.17) is 5.26 Å². The molecule has 2 aromatic rings. The van der Waals surface area contributed by atoms with E-state index in [0.717, 1.165) is 16.9 Å². The van der Waals surface area contributed by atoms with E-state index >= 15 is 0 Å². The highest BCUT2D eigenvalue weighted by atomic mass is 16.1. The highest BCUT2D eigenvalue weighted by molar-refractivity contribution is 5.97. The monoisotopic (exact) mass is 240 g/mol. The van der Waals surface area contributed by atoms with Crippen molar-refractivity contribution in [3.8, 4) is 6.07 Å². The lowest BCUT2D eigenvalue weighted by Gasteiger charge is -2.05. The molecule has 0 atom stereocenters.